The lowest BCUT2D eigenvalue weighted by Gasteiger charge is -2.08. The Morgan fingerprint density at radius 2 is 1.73 bits per heavy atom. The van der Waals surface area contributed by atoms with Gasteiger partial charge in [-0.15, -0.1) is 0 Å². The average molecular weight is 370 g/mol. The monoisotopic (exact) mass is 369 g/mol. The van der Waals surface area contributed by atoms with Gasteiger partial charge in [0.1, 0.15) is 11.6 Å². The summed E-state index contributed by atoms with van der Waals surface area (Å²) in [5.74, 6) is 0.198. The smallest absolute Gasteiger partial charge is 0.257 e. The number of nitrogens with one attached hydrogen (secondary N) is 2. The fourth-order valence-corrected chi connectivity index (χ4v) is 2.48. The highest BCUT2D eigenvalue weighted by Gasteiger charge is 2.07. The first-order chi connectivity index (χ1) is 12.6. The molecule has 0 fully saturated rings. The summed E-state index contributed by atoms with van der Waals surface area (Å²) >= 11 is 5.82. The van der Waals surface area contributed by atoms with Crippen molar-refractivity contribution in [3.05, 3.63) is 88.8 Å². The van der Waals surface area contributed by atoms with Crippen molar-refractivity contribution in [1.29, 1.82) is 0 Å². The zero-order chi connectivity index (χ0) is 18.4. The molecule has 1 amide bonds. The highest BCUT2D eigenvalue weighted by molar-refractivity contribution is 6.30. The molecule has 6 heteroatoms. The van der Waals surface area contributed by atoms with Crippen molar-refractivity contribution >= 4 is 29.0 Å². The molecule has 0 spiro atoms. The van der Waals surface area contributed by atoms with Crippen LogP contribution in [0.2, 0.25) is 5.02 Å². The van der Waals surface area contributed by atoms with E-state index in [0.717, 1.165) is 12.0 Å². The molecule has 3 rings (SSSR count). The summed E-state index contributed by atoms with van der Waals surface area (Å²) in [5, 5.41) is 6.58. The van der Waals surface area contributed by atoms with Crippen molar-refractivity contribution in [2.24, 2.45) is 0 Å². The van der Waals surface area contributed by atoms with E-state index in [4.69, 9.17) is 11.6 Å². The van der Waals surface area contributed by atoms with E-state index >= 15 is 0 Å². The van der Waals surface area contributed by atoms with Crippen LogP contribution >= 0.6 is 11.6 Å². The summed E-state index contributed by atoms with van der Waals surface area (Å²) in [4.78, 5) is 16.4. The van der Waals surface area contributed by atoms with Gasteiger partial charge in [0.2, 0.25) is 0 Å². The van der Waals surface area contributed by atoms with Crippen molar-refractivity contribution in [2.45, 2.75) is 6.42 Å². The summed E-state index contributed by atoms with van der Waals surface area (Å²) in [7, 11) is 0. The molecule has 3 aromatic rings. The Morgan fingerprint density at radius 1 is 1.00 bits per heavy atom. The number of amides is 1. The molecule has 0 aliphatic carbocycles. The van der Waals surface area contributed by atoms with Gasteiger partial charge < -0.3 is 10.6 Å². The second-order valence-corrected chi connectivity index (χ2v) is 6.13. The molecule has 0 atom stereocenters. The minimum atomic E-state index is -0.240. The summed E-state index contributed by atoms with van der Waals surface area (Å²) in [6.45, 7) is 0.662. The third-order valence-electron chi connectivity index (χ3n) is 3.76. The van der Waals surface area contributed by atoms with Crippen LogP contribution in [0.3, 0.4) is 0 Å². The highest BCUT2D eigenvalue weighted by Crippen LogP contribution is 2.15. The molecule has 0 radical (unpaired) electrons. The van der Waals surface area contributed by atoms with Crippen LogP contribution in [0.5, 0.6) is 0 Å². The summed E-state index contributed by atoms with van der Waals surface area (Å²) < 4.78 is 12.9. The minimum absolute atomic E-state index is 0.238. The molecule has 0 saturated carbocycles. The first kappa shape index (κ1) is 17.9. The molecule has 1 aromatic heterocycles. The molecule has 0 bridgehead atoms. The molecule has 2 aromatic carbocycles. The SMILES string of the molecule is O=C(Nc1ccc(Cl)cc1)c1ccc(NCCc2ccc(F)cc2)nc1. The van der Waals surface area contributed by atoms with Crippen LogP contribution in [0.1, 0.15) is 15.9 Å². The van der Waals surface area contributed by atoms with E-state index in [1.807, 2.05) is 0 Å². The van der Waals surface area contributed by atoms with Crippen LogP contribution in [0, 0.1) is 5.82 Å². The van der Waals surface area contributed by atoms with Crippen LogP contribution in [-0.4, -0.2) is 17.4 Å². The van der Waals surface area contributed by atoms with Gasteiger partial charge in [-0.1, -0.05) is 23.7 Å². The third kappa shape index (κ3) is 5.04. The Hall–Kier alpha value is -2.92. The number of aromatic nitrogens is 1. The van der Waals surface area contributed by atoms with E-state index in [-0.39, 0.29) is 11.7 Å². The van der Waals surface area contributed by atoms with Crippen molar-refractivity contribution in [3.8, 4) is 0 Å². The molecule has 0 aliphatic heterocycles. The predicted octanol–water partition coefficient (Wildman–Crippen LogP) is 4.78. The molecular formula is C20H17ClFN3O. The zero-order valence-corrected chi connectivity index (χ0v) is 14.6. The second-order valence-electron chi connectivity index (χ2n) is 5.70. The van der Waals surface area contributed by atoms with Gasteiger partial charge in [0.05, 0.1) is 5.56 Å². The summed E-state index contributed by atoms with van der Waals surface area (Å²) in [5.41, 5.74) is 2.17. The Labute approximate surface area is 156 Å². The van der Waals surface area contributed by atoms with Crippen molar-refractivity contribution in [3.63, 3.8) is 0 Å². The minimum Gasteiger partial charge on any atom is -0.370 e. The van der Waals surface area contributed by atoms with Gasteiger partial charge in [0.15, 0.2) is 0 Å². The number of carbonyl (C=O) groups excluding carboxylic acids is 1. The molecule has 1 heterocycles. The van der Waals surface area contributed by atoms with Gasteiger partial charge in [0.25, 0.3) is 5.91 Å². The molecule has 26 heavy (non-hydrogen) atoms. The molecule has 2 N–H and O–H groups in total. The predicted molar refractivity (Wildman–Crippen MR) is 102 cm³/mol. The molecule has 132 valence electrons. The standard InChI is InChI=1S/C20H17ClFN3O/c21-16-4-8-18(9-5-16)25-20(26)15-3-10-19(24-13-15)23-12-11-14-1-6-17(22)7-2-14/h1-10,13H,11-12H2,(H,23,24)(H,25,26). The Bertz CT molecular complexity index is 865. The van der Waals surface area contributed by atoms with E-state index in [1.54, 1.807) is 48.5 Å². The van der Waals surface area contributed by atoms with Gasteiger partial charge in [-0.3, -0.25) is 4.79 Å². The maximum atomic E-state index is 12.9. The van der Waals surface area contributed by atoms with E-state index in [9.17, 15) is 9.18 Å². The van der Waals surface area contributed by atoms with E-state index in [1.165, 1.54) is 18.3 Å². The van der Waals surface area contributed by atoms with Gasteiger partial charge >= 0.3 is 0 Å². The molecule has 0 aliphatic rings. The van der Waals surface area contributed by atoms with Crippen molar-refractivity contribution < 1.29 is 9.18 Å². The number of anilines is 2. The summed E-state index contributed by atoms with van der Waals surface area (Å²) in [6, 6.07) is 16.8. The Kier molecular flexibility index (Phi) is 5.81. The van der Waals surface area contributed by atoms with Gasteiger partial charge in [0, 0.05) is 23.5 Å². The number of rotatable bonds is 6. The quantitative estimate of drug-likeness (QED) is 0.657. The number of hydrogen-bond donors (Lipinski definition) is 2. The van der Waals surface area contributed by atoms with Crippen molar-refractivity contribution in [1.82, 2.24) is 4.98 Å². The average Bonchev–Trinajstić information content (AvgIpc) is 2.66. The van der Waals surface area contributed by atoms with Crippen LogP contribution < -0.4 is 10.6 Å². The molecule has 0 unspecified atom stereocenters. The van der Waals surface area contributed by atoms with Crippen molar-refractivity contribution in [2.75, 3.05) is 17.2 Å². The Morgan fingerprint density at radius 3 is 2.38 bits per heavy atom. The number of pyridine rings is 1. The molecule has 4 nitrogen and oxygen atoms in total. The number of nitrogens with zero attached hydrogens (tertiary/aromatic N) is 1. The molecule has 0 saturated heterocycles. The Balaban J connectivity index is 1.51. The number of carbonyl (C=O) groups is 1. The maximum absolute atomic E-state index is 12.9. The van der Waals surface area contributed by atoms with Crippen LogP contribution in [0.25, 0.3) is 0 Å². The first-order valence-corrected chi connectivity index (χ1v) is 8.49. The van der Waals surface area contributed by atoms with E-state index in [2.05, 4.69) is 15.6 Å². The summed E-state index contributed by atoms with van der Waals surface area (Å²) in [6.07, 6.45) is 2.27. The lowest BCUT2D eigenvalue weighted by Crippen LogP contribution is -2.13. The number of halogens is 2. The van der Waals surface area contributed by atoms with Crippen LogP contribution in [0.15, 0.2) is 66.9 Å². The lowest BCUT2D eigenvalue weighted by molar-refractivity contribution is 0.102. The molecular weight excluding hydrogens is 353 g/mol. The van der Waals surface area contributed by atoms with Crippen LogP contribution in [0.4, 0.5) is 15.9 Å². The lowest BCUT2D eigenvalue weighted by atomic mass is 10.1. The van der Waals surface area contributed by atoms with Gasteiger partial charge in [-0.2, -0.15) is 0 Å². The third-order valence-corrected chi connectivity index (χ3v) is 4.01. The first-order valence-electron chi connectivity index (χ1n) is 8.11. The zero-order valence-electron chi connectivity index (χ0n) is 13.9. The fraction of sp³-hybridized carbons (Fsp3) is 0.100. The highest BCUT2D eigenvalue weighted by atomic mass is 35.5. The van der Waals surface area contributed by atoms with Gasteiger partial charge in [-0.05, 0) is 60.5 Å². The number of benzene rings is 2. The van der Waals surface area contributed by atoms with E-state index < -0.39 is 0 Å². The normalized spacial score (nSPS) is 10.4. The van der Waals surface area contributed by atoms with E-state index in [0.29, 0.717) is 28.6 Å². The topological polar surface area (TPSA) is 54.0 Å². The van der Waals surface area contributed by atoms with Crippen LogP contribution in [-0.2, 0) is 6.42 Å². The number of hydrogen-bond acceptors (Lipinski definition) is 3. The largest absolute Gasteiger partial charge is 0.370 e. The second kappa shape index (κ2) is 8.45. The fourth-order valence-electron chi connectivity index (χ4n) is 2.36. The van der Waals surface area contributed by atoms with Gasteiger partial charge in [-0.25, -0.2) is 9.37 Å². The maximum Gasteiger partial charge on any atom is 0.257 e.